The van der Waals surface area contributed by atoms with E-state index in [1.165, 1.54) is 6.20 Å². The van der Waals surface area contributed by atoms with Gasteiger partial charge in [0, 0.05) is 6.20 Å². The van der Waals surface area contributed by atoms with Gasteiger partial charge in [-0.25, -0.2) is 9.59 Å². The van der Waals surface area contributed by atoms with E-state index in [9.17, 15) is 14.4 Å². The minimum absolute atomic E-state index is 0.0181. The summed E-state index contributed by atoms with van der Waals surface area (Å²) >= 11 is 0. The molecular weight excluding hydrogens is 226 g/mol. The van der Waals surface area contributed by atoms with Crippen molar-refractivity contribution in [1.29, 1.82) is 0 Å². The summed E-state index contributed by atoms with van der Waals surface area (Å²) in [6.07, 6.45) is 1.83. The van der Waals surface area contributed by atoms with Crippen molar-refractivity contribution >= 4 is 11.9 Å². The second kappa shape index (κ2) is 5.33. The van der Waals surface area contributed by atoms with Crippen molar-refractivity contribution in [2.45, 2.75) is 26.3 Å². The Hall–Kier alpha value is -2.05. The number of carboxylic acid groups (broad SMARTS) is 1. The molecule has 94 valence electrons. The third-order valence-electron chi connectivity index (χ3n) is 2.61. The van der Waals surface area contributed by atoms with Crippen molar-refractivity contribution < 1.29 is 14.7 Å². The van der Waals surface area contributed by atoms with Crippen molar-refractivity contribution in [3.8, 4) is 0 Å². The van der Waals surface area contributed by atoms with Crippen molar-refractivity contribution in [2.24, 2.45) is 5.92 Å². The Bertz CT molecular complexity index is 462. The van der Waals surface area contributed by atoms with Crippen LogP contribution in [0.3, 0.4) is 0 Å². The molecule has 1 aromatic heterocycles. The number of hydrogen-bond donors (Lipinski definition) is 4. The van der Waals surface area contributed by atoms with Gasteiger partial charge in [-0.2, -0.15) is 0 Å². The van der Waals surface area contributed by atoms with E-state index in [1.807, 2.05) is 6.92 Å². The molecule has 0 spiro atoms. The number of nitrogens with one attached hydrogen (secondary N) is 3. The number of aromatic amines is 2. The van der Waals surface area contributed by atoms with Crippen LogP contribution in [0.5, 0.6) is 0 Å². The van der Waals surface area contributed by atoms with Crippen LogP contribution in [-0.4, -0.2) is 33.0 Å². The highest BCUT2D eigenvalue weighted by Crippen LogP contribution is 2.08. The molecule has 0 radical (unpaired) electrons. The van der Waals surface area contributed by atoms with E-state index in [0.29, 0.717) is 6.42 Å². The summed E-state index contributed by atoms with van der Waals surface area (Å²) in [6.45, 7) is 3.57. The Labute approximate surface area is 97.2 Å². The minimum Gasteiger partial charge on any atom is -0.480 e. The lowest BCUT2D eigenvalue weighted by molar-refractivity contribution is -0.140. The zero-order chi connectivity index (χ0) is 13.0. The Balaban J connectivity index is 2.77. The fourth-order valence-corrected chi connectivity index (χ4v) is 1.36. The molecule has 0 saturated carbocycles. The second-order valence-corrected chi connectivity index (χ2v) is 3.83. The van der Waals surface area contributed by atoms with Gasteiger partial charge in [0.25, 0.3) is 5.91 Å². The Morgan fingerprint density at radius 2 is 2.18 bits per heavy atom. The summed E-state index contributed by atoms with van der Waals surface area (Å²) in [5, 5.41) is 11.3. The van der Waals surface area contributed by atoms with Crippen LogP contribution >= 0.6 is 0 Å². The first kappa shape index (κ1) is 13.0. The molecule has 0 fully saturated rings. The van der Waals surface area contributed by atoms with Gasteiger partial charge < -0.3 is 20.4 Å². The first-order valence-corrected chi connectivity index (χ1v) is 5.27. The highest BCUT2D eigenvalue weighted by molar-refractivity contribution is 5.94. The standard InChI is InChI=1S/C10H15N3O4/c1-3-5(2)7(9(15)16)13-8(14)6-4-11-10(17)12-6/h4-5,7H,3H2,1-2H3,(H,13,14)(H,15,16)(H2,11,12,17)/t5-,7-/m0/s1. The normalized spacial score (nSPS) is 14.0. The van der Waals surface area contributed by atoms with Crippen LogP contribution in [0.4, 0.5) is 0 Å². The van der Waals surface area contributed by atoms with Gasteiger partial charge in [0.2, 0.25) is 0 Å². The number of carbonyl (C=O) groups is 2. The zero-order valence-electron chi connectivity index (χ0n) is 9.61. The van der Waals surface area contributed by atoms with Gasteiger partial charge in [0.05, 0.1) is 0 Å². The lowest BCUT2D eigenvalue weighted by Gasteiger charge is -2.19. The molecule has 0 saturated heterocycles. The summed E-state index contributed by atoms with van der Waals surface area (Å²) in [7, 11) is 0. The predicted molar refractivity (Wildman–Crippen MR) is 59.8 cm³/mol. The SMILES string of the molecule is CC[C@H](C)[C@H](NC(=O)c1c[nH]c(=O)[nH]1)C(=O)O. The van der Waals surface area contributed by atoms with E-state index >= 15 is 0 Å². The van der Waals surface area contributed by atoms with Gasteiger partial charge in [-0.15, -0.1) is 0 Å². The third-order valence-corrected chi connectivity index (χ3v) is 2.61. The molecule has 1 aromatic rings. The predicted octanol–water partition coefficient (Wildman–Crippen LogP) is -0.0679. The number of aromatic nitrogens is 2. The van der Waals surface area contributed by atoms with Crippen LogP contribution in [0.25, 0.3) is 0 Å². The highest BCUT2D eigenvalue weighted by Gasteiger charge is 2.26. The van der Waals surface area contributed by atoms with Crippen LogP contribution in [0.2, 0.25) is 0 Å². The van der Waals surface area contributed by atoms with Crippen LogP contribution in [-0.2, 0) is 4.79 Å². The molecule has 0 aliphatic carbocycles. The van der Waals surface area contributed by atoms with Crippen LogP contribution in [0.1, 0.15) is 30.8 Å². The average Bonchev–Trinajstić information content (AvgIpc) is 2.71. The average molecular weight is 241 g/mol. The van der Waals surface area contributed by atoms with E-state index < -0.39 is 23.6 Å². The molecule has 7 heteroatoms. The monoisotopic (exact) mass is 241 g/mol. The van der Waals surface area contributed by atoms with E-state index in [4.69, 9.17) is 5.11 Å². The number of H-pyrrole nitrogens is 2. The quantitative estimate of drug-likeness (QED) is 0.577. The maximum absolute atomic E-state index is 11.6. The van der Waals surface area contributed by atoms with E-state index in [-0.39, 0.29) is 11.6 Å². The highest BCUT2D eigenvalue weighted by atomic mass is 16.4. The van der Waals surface area contributed by atoms with Crippen LogP contribution in [0, 0.1) is 5.92 Å². The molecule has 7 nitrogen and oxygen atoms in total. The lowest BCUT2D eigenvalue weighted by Crippen LogP contribution is -2.45. The molecule has 1 amide bonds. The topological polar surface area (TPSA) is 115 Å². The molecule has 0 bridgehead atoms. The van der Waals surface area contributed by atoms with Gasteiger partial charge in [0.15, 0.2) is 0 Å². The molecule has 0 aliphatic heterocycles. The molecular formula is C10H15N3O4. The third kappa shape index (κ3) is 3.20. The molecule has 1 heterocycles. The fraction of sp³-hybridized carbons (Fsp3) is 0.500. The van der Waals surface area contributed by atoms with Crippen molar-refractivity contribution in [3.63, 3.8) is 0 Å². The van der Waals surface area contributed by atoms with Gasteiger partial charge in [0.1, 0.15) is 11.7 Å². The number of carboxylic acids is 1. The number of rotatable bonds is 5. The minimum atomic E-state index is -1.09. The number of amides is 1. The van der Waals surface area contributed by atoms with Gasteiger partial charge >= 0.3 is 11.7 Å². The maximum atomic E-state index is 11.6. The number of aliphatic carboxylic acids is 1. The molecule has 1 rings (SSSR count). The number of imidazole rings is 1. The molecule has 17 heavy (non-hydrogen) atoms. The summed E-state index contributed by atoms with van der Waals surface area (Å²) in [5.74, 6) is -1.90. The molecule has 0 unspecified atom stereocenters. The summed E-state index contributed by atoms with van der Waals surface area (Å²) < 4.78 is 0. The first-order valence-electron chi connectivity index (χ1n) is 5.27. The molecule has 0 aliphatic rings. The largest absolute Gasteiger partial charge is 0.480 e. The summed E-state index contributed by atoms with van der Waals surface area (Å²) in [5.41, 5.74) is -0.491. The van der Waals surface area contributed by atoms with E-state index in [0.717, 1.165) is 0 Å². The Morgan fingerprint density at radius 3 is 2.59 bits per heavy atom. The van der Waals surface area contributed by atoms with Gasteiger partial charge in [-0.3, -0.25) is 4.79 Å². The summed E-state index contributed by atoms with van der Waals surface area (Å²) in [6, 6.07) is -0.967. The first-order chi connectivity index (χ1) is 7.95. The van der Waals surface area contributed by atoms with Crippen molar-refractivity contribution in [3.05, 3.63) is 22.4 Å². The lowest BCUT2D eigenvalue weighted by atomic mass is 9.99. The Morgan fingerprint density at radius 1 is 1.53 bits per heavy atom. The molecule has 4 N–H and O–H groups in total. The maximum Gasteiger partial charge on any atom is 0.326 e. The van der Waals surface area contributed by atoms with Crippen LogP contribution < -0.4 is 11.0 Å². The smallest absolute Gasteiger partial charge is 0.326 e. The van der Waals surface area contributed by atoms with Gasteiger partial charge in [-0.05, 0) is 5.92 Å². The van der Waals surface area contributed by atoms with Crippen molar-refractivity contribution in [2.75, 3.05) is 0 Å². The number of carbonyl (C=O) groups excluding carboxylic acids is 1. The Kier molecular flexibility index (Phi) is 4.08. The summed E-state index contributed by atoms with van der Waals surface area (Å²) in [4.78, 5) is 37.9. The van der Waals surface area contributed by atoms with Crippen molar-refractivity contribution in [1.82, 2.24) is 15.3 Å². The molecule has 2 atom stereocenters. The fourth-order valence-electron chi connectivity index (χ4n) is 1.36. The van der Waals surface area contributed by atoms with Gasteiger partial charge in [-0.1, -0.05) is 20.3 Å². The van der Waals surface area contributed by atoms with E-state index in [2.05, 4.69) is 15.3 Å². The molecule has 0 aromatic carbocycles. The second-order valence-electron chi connectivity index (χ2n) is 3.83. The zero-order valence-corrected chi connectivity index (χ0v) is 9.61. The number of hydrogen-bond acceptors (Lipinski definition) is 3. The van der Waals surface area contributed by atoms with E-state index in [1.54, 1.807) is 6.92 Å². The van der Waals surface area contributed by atoms with Crippen LogP contribution in [0.15, 0.2) is 11.0 Å².